The van der Waals surface area contributed by atoms with Gasteiger partial charge in [-0.15, -0.1) is 0 Å². The summed E-state index contributed by atoms with van der Waals surface area (Å²) in [5.41, 5.74) is 0.852. The SMILES string of the molecule is CCC(C)N(C)CCNC(=NC)N1CCN(c2cnn(C)c2)C(=O)C1. The number of anilines is 1. The molecule has 1 aromatic heterocycles. The van der Waals surface area contributed by atoms with Crippen molar-refractivity contribution in [1.82, 2.24) is 24.9 Å². The van der Waals surface area contributed by atoms with E-state index in [0.29, 0.717) is 19.1 Å². The molecule has 2 heterocycles. The summed E-state index contributed by atoms with van der Waals surface area (Å²) in [6.45, 7) is 7.89. The Kier molecular flexibility index (Phi) is 6.81. The van der Waals surface area contributed by atoms with Crippen LogP contribution in [-0.4, -0.2) is 84.3 Å². The van der Waals surface area contributed by atoms with Gasteiger partial charge in [0.05, 0.1) is 11.9 Å². The number of piperazine rings is 1. The first kappa shape index (κ1) is 19.2. The van der Waals surface area contributed by atoms with E-state index < -0.39 is 0 Å². The van der Waals surface area contributed by atoms with Gasteiger partial charge in [-0.25, -0.2) is 0 Å². The van der Waals surface area contributed by atoms with E-state index in [0.717, 1.165) is 37.7 Å². The number of carbonyl (C=O) groups excluding carboxylic acids is 1. The highest BCUT2D eigenvalue weighted by Crippen LogP contribution is 2.15. The molecule has 1 aliphatic heterocycles. The number of hydrogen-bond donors (Lipinski definition) is 1. The molecule has 2 rings (SSSR count). The van der Waals surface area contributed by atoms with Gasteiger partial charge in [0.1, 0.15) is 6.54 Å². The van der Waals surface area contributed by atoms with Crippen molar-refractivity contribution in [3.05, 3.63) is 12.4 Å². The minimum atomic E-state index is 0.0684. The van der Waals surface area contributed by atoms with Crippen LogP contribution >= 0.6 is 0 Å². The van der Waals surface area contributed by atoms with Crippen LogP contribution in [0.2, 0.25) is 0 Å². The van der Waals surface area contributed by atoms with Gasteiger partial charge >= 0.3 is 0 Å². The monoisotopic (exact) mass is 349 g/mol. The third-order valence-electron chi connectivity index (χ3n) is 4.83. The van der Waals surface area contributed by atoms with Gasteiger partial charge < -0.3 is 20.0 Å². The summed E-state index contributed by atoms with van der Waals surface area (Å²) in [6.07, 6.45) is 4.73. The lowest BCUT2D eigenvalue weighted by molar-refractivity contribution is -0.120. The number of aryl methyl sites for hydroxylation is 1. The van der Waals surface area contributed by atoms with Crippen LogP contribution in [0.1, 0.15) is 20.3 Å². The quantitative estimate of drug-likeness (QED) is 0.594. The number of guanidine groups is 1. The fourth-order valence-electron chi connectivity index (χ4n) is 2.88. The normalized spacial score (nSPS) is 17.4. The molecule has 1 N–H and O–H groups in total. The maximum atomic E-state index is 12.5. The molecule has 1 fully saturated rings. The van der Waals surface area contributed by atoms with E-state index in [1.807, 2.05) is 18.1 Å². The smallest absolute Gasteiger partial charge is 0.246 e. The van der Waals surface area contributed by atoms with Crippen LogP contribution in [0.3, 0.4) is 0 Å². The number of rotatable bonds is 6. The maximum Gasteiger partial charge on any atom is 0.246 e. The summed E-state index contributed by atoms with van der Waals surface area (Å²) >= 11 is 0. The van der Waals surface area contributed by atoms with E-state index in [1.165, 1.54) is 0 Å². The fraction of sp³-hybridized carbons (Fsp3) is 0.706. The number of aromatic nitrogens is 2. The van der Waals surface area contributed by atoms with Gasteiger partial charge in [-0.1, -0.05) is 6.92 Å². The molecule has 1 unspecified atom stereocenters. The molecule has 0 radical (unpaired) electrons. The first-order valence-electron chi connectivity index (χ1n) is 8.91. The van der Waals surface area contributed by atoms with Gasteiger partial charge in [0.25, 0.3) is 0 Å². The Bertz CT molecular complexity index is 598. The Morgan fingerprint density at radius 1 is 1.48 bits per heavy atom. The van der Waals surface area contributed by atoms with Crippen LogP contribution in [0, 0.1) is 0 Å². The Morgan fingerprint density at radius 2 is 2.24 bits per heavy atom. The molecular formula is C17H31N7O. The zero-order chi connectivity index (χ0) is 18.4. The summed E-state index contributed by atoms with van der Waals surface area (Å²) in [5.74, 6) is 0.857. The first-order chi connectivity index (χ1) is 12.0. The molecule has 8 heteroatoms. The summed E-state index contributed by atoms with van der Waals surface area (Å²) in [4.78, 5) is 23.0. The molecule has 1 atom stereocenters. The minimum absolute atomic E-state index is 0.0684. The summed E-state index contributed by atoms with van der Waals surface area (Å²) in [7, 11) is 5.75. The van der Waals surface area contributed by atoms with E-state index in [1.54, 1.807) is 22.8 Å². The number of likely N-dealkylation sites (N-methyl/N-ethyl adjacent to an activating group) is 1. The van der Waals surface area contributed by atoms with Gasteiger partial charge in [-0.05, 0) is 20.4 Å². The fourth-order valence-corrected chi connectivity index (χ4v) is 2.88. The van der Waals surface area contributed by atoms with Crippen molar-refractivity contribution < 1.29 is 4.79 Å². The highest BCUT2D eigenvalue weighted by atomic mass is 16.2. The lowest BCUT2D eigenvalue weighted by Gasteiger charge is -2.35. The van der Waals surface area contributed by atoms with E-state index in [2.05, 4.69) is 41.2 Å². The van der Waals surface area contributed by atoms with Gasteiger partial charge in [0.2, 0.25) is 5.91 Å². The summed E-state index contributed by atoms with van der Waals surface area (Å²) in [6, 6.07) is 0.563. The standard InChI is InChI=1S/C17H31N7O/c1-6-14(2)21(4)8-7-19-17(18-3)23-9-10-24(16(25)13-23)15-11-20-22(5)12-15/h11-12,14H,6-10,13H2,1-5H3,(H,18,19). The van der Waals surface area contributed by atoms with Gasteiger partial charge in [-0.2, -0.15) is 5.10 Å². The average Bonchev–Trinajstić information content (AvgIpc) is 3.03. The van der Waals surface area contributed by atoms with Crippen molar-refractivity contribution in [3.63, 3.8) is 0 Å². The molecule has 0 aliphatic carbocycles. The van der Waals surface area contributed by atoms with Crippen LogP contribution in [-0.2, 0) is 11.8 Å². The average molecular weight is 349 g/mol. The topological polar surface area (TPSA) is 69.0 Å². The highest BCUT2D eigenvalue weighted by molar-refractivity contribution is 5.98. The number of hydrogen-bond acceptors (Lipinski definition) is 4. The van der Waals surface area contributed by atoms with Crippen molar-refractivity contribution in [1.29, 1.82) is 0 Å². The predicted molar refractivity (Wildman–Crippen MR) is 101 cm³/mol. The first-order valence-corrected chi connectivity index (χ1v) is 8.91. The predicted octanol–water partition coefficient (Wildman–Crippen LogP) is 0.374. The number of carbonyl (C=O) groups is 1. The molecule has 0 saturated carbocycles. The molecular weight excluding hydrogens is 318 g/mol. The molecule has 0 bridgehead atoms. The Labute approximate surface area is 150 Å². The molecule has 0 spiro atoms. The lowest BCUT2D eigenvalue weighted by atomic mass is 10.2. The van der Waals surface area contributed by atoms with Gasteiger partial charge in [0.15, 0.2) is 5.96 Å². The van der Waals surface area contributed by atoms with Crippen molar-refractivity contribution in [3.8, 4) is 0 Å². The van der Waals surface area contributed by atoms with E-state index >= 15 is 0 Å². The van der Waals surface area contributed by atoms with Crippen LogP contribution < -0.4 is 10.2 Å². The van der Waals surface area contributed by atoms with Crippen LogP contribution in [0.15, 0.2) is 17.4 Å². The molecule has 1 aromatic rings. The Balaban J connectivity index is 1.85. The summed E-state index contributed by atoms with van der Waals surface area (Å²) in [5, 5.41) is 7.52. The van der Waals surface area contributed by atoms with E-state index in [4.69, 9.17) is 0 Å². The largest absolute Gasteiger partial charge is 0.355 e. The van der Waals surface area contributed by atoms with Gasteiger partial charge in [-0.3, -0.25) is 14.5 Å². The third kappa shape index (κ3) is 4.94. The summed E-state index contributed by atoms with van der Waals surface area (Å²) < 4.78 is 1.71. The lowest BCUT2D eigenvalue weighted by Crippen LogP contribution is -2.56. The number of nitrogens with zero attached hydrogens (tertiary/aromatic N) is 6. The molecule has 0 aromatic carbocycles. The Morgan fingerprint density at radius 3 is 2.80 bits per heavy atom. The number of amides is 1. The molecule has 140 valence electrons. The highest BCUT2D eigenvalue weighted by Gasteiger charge is 2.27. The van der Waals surface area contributed by atoms with E-state index in [9.17, 15) is 4.79 Å². The zero-order valence-corrected chi connectivity index (χ0v) is 16.1. The molecule has 25 heavy (non-hydrogen) atoms. The van der Waals surface area contributed by atoms with Crippen LogP contribution in [0.25, 0.3) is 0 Å². The molecule has 1 saturated heterocycles. The second-order valence-corrected chi connectivity index (χ2v) is 6.55. The van der Waals surface area contributed by atoms with Crippen molar-refractivity contribution in [2.45, 2.75) is 26.3 Å². The second kappa shape index (κ2) is 8.84. The van der Waals surface area contributed by atoms with Crippen molar-refractivity contribution in [2.24, 2.45) is 12.0 Å². The second-order valence-electron chi connectivity index (χ2n) is 6.55. The number of aliphatic imine (C=N–C) groups is 1. The van der Waals surface area contributed by atoms with Gasteiger partial charge in [0, 0.05) is 52.5 Å². The minimum Gasteiger partial charge on any atom is -0.355 e. The third-order valence-corrected chi connectivity index (χ3v) is 4.83. The molecule has 8 nitrogen and oxygen atoms in total. The van der Waals surface area contributed by atoms with Crippen molar-refractivity contribution in [2.75, 3.05) is 51.7 Å². The molecule has 1 amide bonds. The van der Waals surface area contributed by atoms with Crippen molar-refractivity contribution >= 4 is 17.6 Å². The van der Waals surface area contributed by atoms with Crippen LogP contribution in [0.5, 0.6) is 0 Å². The van der Waals surface area contributed by atoms with E-state index in [-0.39, 0.29) is 5.91 Å². The zero-order valence-electron chi connectivity index (χ0n) is 16.1. The Hall–Kier alpha value is -2.09. The number of nitrogens with one attached hydrogen (secondary N) is 1. The maximum absolute atomic E-state index is 12.5. The van der Waals surface area contributed by atoms with Crippen LogP contribution in [0.4, 0.5) is 5.69 Å². The molecule has 1 aliphatic rings.